The quantitative estimate of drug-likeness (QED) is 0.938. The number of benzene rings is 1. The molecule has 0 atom stereocenters. The molecule has 0 fully saturated rings. The average Bonchev–Trinajstić information content (AvgIpc) is 2.82. The van der Waals surface area contributed by atoms with Gasteiger partial charge in [-0.3, -0.25) is 0 Å². The van der Waals surface area contributed by atoms with Crippen molar-refractivity contribution in [1.82, 2.24) is 4.98 Å². The van der Waals surface area contributed by atoms with Gasteiger partial charge < -0.3 is 14.3 Å². The number of rotatable bonds is 4. The first-order chi connectivity index (χ1) is 9.82. The highest BCUT2D eigenvalue weighted by Crippen LogP contribution is 2.31. The molecule has 0 saturated carbocycles. The molecule has 0 bridgehead atoms. The first-order valence-corrected chi connectivity index (χ1v) is 5.72. The van der Waals surface area contributed by atoms with Crippen molar-refractivity contribution in [2.45, 2.75) is 12.8 Å². The van der Waals surface area contributed by atoms with Crippen LogP contribution in [0.25, 0.3) is 11.5 Å². The van der Waals surface area contributed by atoms with Gasteiger partial charge in [-0.05, 0) is 24.3 Å². The van der Waals surface area contributed by atoms with Crippen LogP contribution in [-0.4, -0.2) is 23.2 Å². The molecular weight excluding hydrogens is 291 g/mol. The molecule has 0 saturated heterocycles. The van der Waals surface area contributed by atoms with Gasteiger partial charge in [0, 0.05) is 12.7 Å². The van der Waals surface area contributed by atoms with E-state index in [1.165, 1.54) is 7.11 Å². The summed E-state index contributed by atoms with van der Waals surface area (Å²) >= 11 is 0. The maximum atomic E-state index is 12.5. The van der Waals surface area contributed by atoms with Crippen LogP contribution in [0, 0.1) is 0 Å². The van der Waals surface area contributed by atoms with Gasteiger partial charge in [-0.25, -0.2) is 9.78 Å². The zero-order valence-corrected chi connectivity index (χ0v) is 10.8. The molecule has 0 radical (unpaired) electrons. The van der Waals surface area contributed by atoms with Crippen LogP contribution in [0.1, 0.15) is 21.8 Å². The van der Waals surface area contributed by atoms with Crippen LogP contribution < -0.4 is 0 Å². The number of carboxylic acids is 1. The SMILES string of the molecule is COCc1nc(-c2ccc(C(F)(F)F)cc2)oc1C(=O)O. The van der Waals surface area contributed by atoms with Gasteiger partial charge in [0.25, 0.3) is 0 Å². The zero-order valence-electron chi connectivity index (χ0n) is 10.8. The first-order valence-electron chi connectivity index (χ1n) is 5.72. The summed E-state index contributed by atoms with van der Waals surface area (Å²) < 4.78 is 47.3. The Hall–Kier alpha value is -2.35. The number of carboxylic acid groups (broad SMARTS) is 1. The Morgan fingerprint density at radius 1 is 1.33 bits per heavy atom. The van der Waals surface area contributed by atoms with Crippen LogP contribution >= 0.6 is 0 Å². The summed E-state index contributed by atoms with van der Waals surface area (Å²) in [5, 5.41) is 8.97. The predicted molar refractivity (Wildman–Crippen MR) is 64.6 cm³/mol. The van der Waals surface area contributed by atoms with E-state index in [0.29, 0.717) is 0 Å². The second kappa shape index (κ2) is 5.57. The van der Waals surface area contributed by atoms with E-state index in [4.69, 9.17) is 14.3 Å². The Kier molecular flexibility index (Phi) is 3.99. The van der Waals surface area contributed by atoms with E-state index in [9.17, 15) is 18.0 Å². The topological polar surface area (TPSA) is 72.6 Å². The van der Waals surface area contributed by atoms with Crippen molar-refractivity contribution in [2.75, 3.05) is 7.11 Å². The summed E-state index contributed by atoms with van der Waals surface area (Å²) in [6, 6.07) is 4.07. The van der Waals surface area contributed by atoms with Crippen molar-refractivity contribution < 1.29 is 32.2 Å². The van der Waals surface area contributed by atoms with Gasteiger partial charge in [-0.2, -0.15) is 13.2 Å². The van der Waals surface area contributed by atoms with Crippen molar-refractivity contribution >= 4 is 5.97 Å². The Morgan fingerprint density at radius 2 is 1.95 bits per heavy atom. The van der Waals surface area contributed by atoms with Crippen molar-refractivity contribution in [3.63, 3.8) is 0 Å². The highest BCUT2D eigenvalue weighted by molar-refractivity contribution is 5.86. The largest absolute Gasteiger partial charge is 0.475 e. The van der Waals surface area contributed by atoms with Crippen LogP contribution in [0.15, 0.2) is 28.7 Å². The summed E-state index contributed by atoms with van der Waals surface area (Å²) in [6.07, 6.45) is -4.44. The Labute approximate surface area is 117 Å². The number of methoxy groups -OCH3 is 1. The monoisotopic (exact) mass is 301 g/mol. The minimum absolute atomic E-state index is 0.0693. The number of nitrogens with zero attached hydrogens (tertiary/aromatic N) is 1. The summed E-state index contributed by atoms with van der Waals surface area (Å²) in [5.74, 6) is -1.80. The molecule has 2 rings (SSSR count). The minimum atomic E-state index is -4.44. The highest BCUT2D eigenvalue weighted by Gasteiger charge is 2.30. The fourth-order valence-electron chi connectivity index (χ4n) is 1.68. The van der Waals surface area contributed by atoms with Gasteiger partial charge in [0.1, 0.15) is 5.69 Å². The Balaban J connectivity index is 2.38. The van der Waals surface area contributed by atoms with Gasteiger partial charge in [-0.15, -0.1) is 0 Å². The number of aromatic carboxylic acids is 1. The number of aromatic nitrogens is 1. The number of alkyl halides is 3. The molecule has 0 aliphatic carbocycles. The third kappa shape index (κ3) is 3.22. The maximum Gasteiger partial charge on any atom is 0.416 e. The molecular formula is C13H10F3NO4. The van der Waals surface area contributed by atoms with Crippen LogP contribution in [0.4, 0.5) is 13.2 Å². The summed E-state index contributed by atoms with van der Waals surface area (Å²) in [7, 11) is 1.36. The predicted octanol–water partition coefficient (Wildman–Crippen LogP) is 3.21. The molecule has 5 nitrogen and oxygen atoms in total. The molecule has 0 spiro atoms. The van der Waals surface area contributed by atoms with Gasteiger partial charge in [-0.1, -0.05) is 0 Å². The highest BCUT2D eigenvalue weighted by atomic mass is 19.4. The normalized spacial score (nSPS) is 11.6. The second-order valence-corrected chi connectivity index (χ2v) is 4.11. The first kappa shape index (κ1) is 15.0. The fourth-order valence-corrected chi connectivity index (χ4v) is 1.68. The fraction of sp³-hybridized carbons (Fsp3) is 0.231. The summed E-state index contributed by atoms with van der Waals surface area (Å²) in [4.78, 5) is 14.9. The van der Waals surface area contributed by atoms with Crippen LogP contribution in [0.5, 0.6) is 0 Å². The molecule has 1 aromatic heterocycles. The molecule has 112 valence electrons. The van der Waals surface area contributed by atoms with Gasteiger partial charge in [0.05, 0.1) is 12.2 Å². The smallest absolute Gasteiger partial charge is 0.416 e. The van der Waals surface area contributed by atoms with Gasteiger partial charge in [0.2, 0.25) is 11.7 Å². The standard InChI is InChI=1S/C13H10F3NO4/c1-20-6-9-10(12(18)19)21-11(17-9)7-2-4-8(5-3-7)13(14,15)16/h2-5H,6H2,1H3,(H,18,19). The lowest BCUT2D eigenvalue weighted by Crippen LogP contribution is -2.03. The molecule has 8 heteroatoms. The van der Waals surface area contributed by atoms with E-state index in [2.05, 4.69) is 4.98 Å². The molecule has 0 unspecified atom stereocenters. The van der Waals surface area contributed by atoms with E-state index in [-0.39, 0.29) is 23.8 Å². The second-order valence-electron chi connectivity index (χ2n) is 4.11. The molecule has 0 aliphatic heterocycles. The number of ether oxygens (including phenoxy) is 1. The van der Waals surface area contributed by atoms with Crippen LogP contribution in [0.3, 0.4) is 0 Å². The molecule has 0 amide bonds. The minimum Gasteiger partial charge on any atom is -0.475 e. The molecule has 1 heterocycles. The number of hydrogen-bond donors (Lipinski definition) is 1. The molecule has 0 aliphatic rings. The molecule has 1 aromatic carbocycles. The summed E-state index contributed by atoms with van der Waals surface area (Å²) in [6.45, 7) is -0.0776. The van der Waals surface area contributed by atoms with Gasteiger partial charge in [0.15, 0.2) is 0 Å². The number of oxazole rings is 1. The third-order valence-electron chi connectivity index (χ3n) is 2.63. The van der Waals surface area contributed by atoms with Crippen molar-refractivity contribution in [3.05, 3.63) is 41.3 Å². The van der Waals surface area contributed by atoms with Crippen LogP contribution in [0.2, 0.25) is 0 Å². The maximum absolute atomic E-state index is 12.5. The van der Waals surface area contributed by atoms with Crippen LogP contribution in [-0.2, 0) is 17.5 Å². The van der Waals surface area contributed by atoms with E-state index in [0.717, 1.165) is 24.3 Å². The number of hydrogen-bond acceptors (Lipinski definition) is 4. The third-order valence-corrected chi connectivity index (χ3v) is 2.63. The lowest BCUT2D eigenvalue weighted by molar-refractivity contribution is -0.137. The molecule has 21 heavy (non-hydrogen) atoms. The average molecular weight is 301 g/mol. The van der Waals surface area contributed by atoms with E-state index < -0.39 is 23.5 Å². The molecule has 1 N–H and O–H groups in total. The van der Waals surface area contributed by atoms with Crippen molar-refractivity contribution in [2.24, 2.45) is 0 Å². The van der Waals surface area contributed by atoms with E-state index in [1.54, 1.807) is 0 Å². The van der Waals surface area contributed by atoms with Crippen molar-refractivity contribution in [1.29, 1.82) is 0 Å². The molecule has 2 aromatic rings. The summed E-state index contributed by atoms with van der Waals surface area (Å²) in [5.41, 5.74) is -0.499. The number of halogens is 3. The number of carbonyl (C=O) groups is 1. The van der Waals surface area contributed by atoms with E-state index in [1.807, 2.05) is 0 Å². The Morgan fingerprint density at radius 3 is 2.43 bits per heavy atom. The van der Waals surface area contributed by atoms with Gasteiger partial charge >= 0.3 is 12.1 Å². The zero-order chi connectivity index (χ0) is 15.6. The lowest BCUT2D eigenvalue weighted by Gasteiger charge is -2.05. The Bertz CT molecular complexity index is 646. The lowest BCUT2D eigenvalue weighted by atomic mass is 10.1. The van der Waals surface area contributed by atoms with E-state index >= 15 is 0 Å². The van der Waals surface area contributed by atoms with Crippen molar-refractivity contribution in [3.8, 4) is 11.5 Å².